The van der Waals surface area contributed by atoms with Gasteiger partial charge in [0.2, 0.25) is 0 Å². The van der Waals surface area contributed by atoms with Crippen LogP contribution in [0.3, 0.4) is 0 Å². The Labute approximate surface area is 101 Å². The Balaban J connectivity index is 2.48. The van der Waals surface area contributed by atoms with Gasteiger partial charge in [-0.05, 0) is 25.2 Å². The van der Waals surface area contributed by atoms with Gasteiger partial charge in [0.1, 0.15) is 6.54 Å². The van der Waals surface area contributed by atoms with Crippen molar-refractivity contribution in [1.29, 1.82) is 0 Å². The van der Waals surface area contributed by atoms with Crippen LogP contribution < -0.4 is 0 Å². The van der Waals surface area contributed by atoms with Gasteiger partial charge >= 0.3 is 12.1 Å². The second-order valence-corrected chi connectivity index (χ2v) is 4.67. The van der Waals surface area contributed by atoms with E-state index in [1.54, 1.807) is 0 Å². The molecule has 0 spiro atoms. The molecule has 1 aromatic rings. The van der Waals surface area contributed by atoms with Gasteiger partial charge in [0, 0.05) is 11.3 Å². The van der Waals surface area contributed by atoms with Gasteiger partial charge in [-0.15, -0.1) is 0 Å². The van der Waals surface area contributed by atoms with Crippen LogP contribution in [0.4, 0.5) is 13.2 Å². The third-order valence-corrected chi connectivity index (χ3v) is 3.15. The molecule has 18 heavy (non-hydrogen) atoms. The summed E-state index contributed by atoms with van der Waals surface area (Å²) in [6.45, 7) is 1.42. The lowest BCUT2D eigenvalue weighted by atomic mass is 9.88. The van der Waals surface area contributed by atoms with Crippen molar-refractivity contribution >= 4 is 5.97 Å². The summed E-state index contributed by atoms with van der Waals surface area (Å²) in [7, 11) is 0. The van der Waals surface area contributed by atoms with Gasteiger partial charge in [0.15, 0.2) is 5.69 Å². The number of hydrogen-bond acceptors (Lipinski definition) is 2. The maximum absolute atomic E-state index is 12.8. The molecule has 0 fully saturated rings. The van der Waals surface area contributed by atoms with Crippen LogP contribution in [0.2, 0.25) is 0 Å². The first-order valence-corrected chi connectivity index (χ1v) is 5.66. The van der Waals surface area contributed by atoms with Gasteiger partial charge in [-0.2, -0.15) is 18.3 Å². The summed E-state index contributed by atoms with van der Waals surface area (Å²) in [5.41, 5.74) is -0.337. The normalized spacial score (nSPS) is 19.7. The van der Waals surface area contributed by atoms with Crippen molar-refractivity contribution in [3.05, 3.63) is 17.0 Å². The van der Waals surface area contributed by atoms with Gasteiger partial charge in [-0.3, -0.25) is 9.48 Å². The molecule has 0 saturated carbocycles. The van der Waals surface area contributed by atoms with E-state index in [-0.39, 0.29) is 11.5 Å². The summed E-state index contributed by atoms with van der Waals surface area (Å²) in [6, 6.07) is 0. The number of hydrogen-bond donors (Lipinski definition) is 1. The van der Waals surface area contributed by atoms with Gasteiger partial charge in [-0.1, -0.05) is 6.92 Å². The van der Waals surface area contributed by atoms with E-state index in [4.69, 9.17) is 5.11 Å². The first kappa shape index (κ1) is 12.9. The van der Waals surface area contributed by atoms with Crippen molar-refractivity contribution in [2.24, 2.45) is 5.92 Å². The van der Waals surface area contributed by atoms with E-state index in [0.717, 1.165) is 4.68 Å². The lowest BCUT2D eigenvalue weighted by Crippen LogP contribution is -2.18. The number of aliphatic carboxylic acids is 1. The van der Waals surface area contributed by atoms with Crippen LogP contribution in [0.1, 0.15) is 30.3 Å². The van der Waals surface area contributed by atoms with E-state index >= 15 is 0 Å². The van der Waals surface area contributed by atoms with E-state index in [0.29, 0.717) is 25.0 Å². The molecule has 1 aliphatic carbocycles. The fourth-order valence-corrected chi connectivity index (χ4v) is 2.33. The maximum Gasteiger partial charge on any atom is 0.435 e. The van der Waals surface area contributed by atoms with Crippen molar-refractivity contribution in [2.75, 3.05) is 0 Å². The zero-order chi connectivity index (χ0) is 13.5. The van der Waals surface area contributed by atoms with Crippen LogP contribution in [0.15, 0.2) is 0 Å². The Kier molecular flexibility index (Phi) is 3.08. The van der Waals surface area contributed by atoms with E-state index in [2.05, 4.69) is 5.10 Å². The topological polar surface area (TPSA) is 55.1 Å². The second-order valence-electron chi connectivity index (χ2n) is 4.67. The highest BCUT2D eigenvalue weighted by Crippen LogP contribution is 2.36. The second kappa shape index (κ2) is 4.29. The Hall–Kier alpha value is -1.53. The molecule has 0 amide bonds. The quantitative estimate of drug-likeness (QED) is 0.888. The molecule has 0 bridgehead atoms. The first-order chi connectivity index (χ1) is 8.29. The molecule has 2 rings (SSSR count). The monoisotopic (exact) mass is 262 g/mol. The number of halogens is 3. The van der Waals surface area contributed by atoms with Crippen molar-refractivity contribution in [3.8, 4) is 0 Å². The molecule has 4 nitrogen and oxygen atoms in total. The zero-order valence-corrected chi connectivity index (χ0v) is 9.79. The van der Waals surface area contributed by atoms with Crippen LogP contribution in [-0.2, 0) is 30.4 Å². The number of carboxylic acids is 1. The van der Waals surface area contributed by atoms with Crippen molar-refractivity contribution in [1.82, 2.24) is 9.78 Å². The zero-order valence-electron chi connectivity index (χ0n) is 9.79. The van der Waals surface area contributed by atoms with Crippen LogP contribution in [0, 0.1) is 5.92 Å². The Morgan fingerprint density at radius 3 is 2.78 bits per heavy atom. The molecule has 1 unspecified atom stereocenters. The number of alkyl halides is 3. The molecular formula is C11H13F3N2O2. The predicted molar refractivity (Wildman–Crippen MR) is 56.1 cm³/mol. The summed E-state index contributed by atoms with van der Waals surface area (Å²) in [5, 5.41) is 12.2. The minimum Gasteiger partial charge on any atom is -0.480 e. The molecule has 0 aliphatic heterocycles. The summed E-state index contributed by atoms with van der Waals surface area (Å²) in [4.78, 5) is 10.7. The largest absolute Gasteiger partial charge is 0.480 e. The van der Waals surface area contributed by atoms with E-state index in [9.17, 15) is 18.0 Å². The lowest BCUT2D eigenvalue weighted by Gasteiger charge is -2.20. The fraction of sp³-hybridized carbons (Fsp3) is 0.636. The highest BCUT2D eigenvalue weighted by atomic mass is 19.4. The molecule has 1 heterocycles. The Morgan fingerprint density at radius 1 is 1.56 bits per heavy atom. The van der Waals surface area contributed by atoms with Crippen LogP contribution >= 0.6 is 0 Å². The van der Waals surface area contributed by atoms with E-state index in [1.807, 2.05) is 6.92 Å². The van der Waals surface area contributed by atoms with Crippen LogP contribution in [0.25, 0.3) is 0 Å². The Bertz CT molecular complexity index is 479. The molecule has 0 radical (unpaired) electrons. The first-order valence-electron chi connectivity index (χ1n) is 5.66. The minimum atomic E-state index is -4.52. The number of rotatable bonds is 2. The molecule has 0 saturated heterocycles. The third kappa shape index (κ3) is 2.34. The summed E-state index contributed by atoms with van der Waals surface area (Å²) < 4.78 is 39.4. The molecule has 0 aromatic carbocycles. The molecule has 100 valence electrons. The smallest absolute Gasteiger partial charge is 0.435 e. The summed E-state index contributed by atoms with van der Waals surface area (Å²) in [5.74, 6) is -0.935. The fourth-order valence-electron chi connectivity index (χ4n) is 2.33. The van der Waals surface area contributed by atoms with Gasteiger partial charge < -0.3 is 5.11 Å². The highest BCUT2D eigenvalue weighted by Gasteiger charge is 2.40. The van der Waals surface area contributed by atoms with Gasteiger partial charge in [0.05, 0.1) is 0 Å². The third-order valence-electron chi connectivity index (χ3n) is 3.15. The molecule has 1 aromatic heterocycles. The molecule has 1 aliphatic rings. The Morgan fingerprint density at radius 2 is 2.22 bits per heavy atom. The van der Waals surface area contributed by atoms with E-state index in [1.165, 1.54) is 0 Å². The van der Waals surface area contributed by atoms with Crippen LogP contribution in [0.5, 0.6) is 0 Å². The van der Waals surface area contributed by atoms with Crippen molar-refractivity contribution < 1.29 is 23.1 Å². The predicted octanol–water partition coefficient (Wildman–Crippen LogP) is 2.11. The molecule has 1 atom stereocenters. The summed E-state index contributed by atoms with van der Waals surface area (Å²) >= 11 is 0. The molecule has 1 N–H and O–H groups in total. The van der Waals surface area contributed by atoms with E-state index < -0.39 is 24.4 Å². The van der Waals surface area contributed by atoms with Crippen LogP contribution in [-0.4, -0.2) is 20.9 Å². The van der Waals surface area contributed by atoms with Gasteiger partial charge in [0.25, 0.3) is 0 Å². The van der Waals surface area contributed by atoms with Gasteiger partial charge in [-0.25, -0.2) is 0 Å². The van der Waals surface area contributed by atoms with Crippen molar-refractivity contribution in [3.63, 3.8) is 0 Å². The molecular weight excluding hydrogens is 249 g/mol. The average molecular weight is 262 g/mol. The summed E-state index contributed by atoms with van der Waals surface area (Å²) in [6.07, 6.45) is -3.08. The molecule has 7 heteroatoms. The maximum atomic E-state index is 12.8. The highest BCUT2D eigenvalue weighted by molar-refractivity contribution is 5.66. The standard InChI is InChI=1S/C11H13F3N2O2/c1-6-2-3-7-8(4-6)16(5-9(17)18)15-10(7)11(12,13)14/h6H,2-5H2,1H3,(H,17,18). The number of carbonyl (C=O) groups is 1. The lowest BCUT2D eigenvalue weighted by molar-refractivity contribution is -0.143. The number of aromatic nitrogens is 2. The number of carboxylic acid groups (broad SMARTS) is 1. The number of nitrogens with zero attached hydrogens (tertiary/aromatic N) is 2. The van der Waals surface area contributed by atoms with Crippen molar-refractivity contribution in [2.45, 2.75) is 38.9 Å². The minimum absolute atomic E-state index is 0.168. The SMILES string of the molecule is CC1CCc2c(C(F)(F)F)nn(CC(=O)O)c2C1. The average Bonchev–Trinajstić information content (AvgIpc) is 2.55. The number of fused-ring (bicyclic) bond motifs is 1.